The van der Waals surface area contributed by atoms with Crippen LogP contribution in [0.5, 0.6) is 0 Å². The zero-order valence-electron chi connectivity index (χ0n) is 14.9. The van der Waals surface area contributed by atoms with Crippen molar-refractivity contribution in [2.24, 2.45) is 0 Å². The summed E-state index contributed by atoms with van der Waals surface area (Å²) in [5.74, 6) is 1.18. The Morgan fingerprint density at radius 2 is 1.92 bits per heavy atom. The largest absolute Gasteiger partial charge is 0.355 e. The number of anilines is 1. The Bertz CT molecular complexity index is 668. The molecular formula is C18H27Cl2N5S. The van der Waals surface area contributed by atoms with Crippen molar-refractivity contribution in [1.29, 1.82) is 0 Å². The van der Waals surface area contributed by atoms with E-state index in [1.54, 1.807) is 6.33 Å². The predicted octanol–water partition coefficient (Wildman–Crippen LogP) is 2.78. The molecule has 0 atom stereocenters. The molecule has 0 bridgehead atoms. The lowest BCUT2D eigenvalue weighted by molar-refractivity contribution is 0.288. The minimum atomic E-state index is 0. The van der Waals surface area contributed by atoms with Crippen molar-refractivity contribution in [3.8, 4) is 0 Å². The predicted molar refractivity (Wildman–Crippen MR) is 113 cm³/mol. The fourth-order valence-electron chi connectivity index (χ4n) is 3.69. The highest BCUT2D eigenvalue weighted by Crippen LogP contribution is 2.24. The highest BCUT2D eigenvalue weighted by Gasteiger charge is 2.21. The van der Waals surface area contributed by atoms with Gasteiger partial charge in [-0.2, -0.15) is 0 Å². The van der Waals surface area contributed by atoms with Crippen molar-refractivity contribution in [1.82, 2.24) is 20.2 Å². The van der Waals surface area contributed by atoms with E-state index in [0.717, 1.165) is 52.1 Å². The van der Waals surface area contributed by atoms with Crippen molar-refractivity contribution in [2.45, 2.75) is 25.8 Å². The molecule has 4 heterocycles. The van der Waals surface area contributed by atoms with E-state index in [-0.39, 0.29) is 24.8 Å². The van der Waals surface area contributed by atoms with Gasteiger partial charge in [-0.1, -0.05) is 6.07 Å². The number of rotatable bonds is 3. The number of hydrogen-bond donors (Lipinski definition) is 1. The fraction of sp³-hybridized carbons (Fsp3) is 0.556. The van der Waals surface area contributed by atoms with Crippen LogP contribution in [-0.4, -0.2) is 54.1 Å². The molecule has 1 fully saturated rings. The maximum atomic E-state index is 4.67. The van der Waals surface area contributed by atoms with Crippen molar-refractivity contribution >= 4 is 42.0 Å². The lowest BCUT2D eigenvalue weighted by Crippen LogP contribution is -2.31. The summed E-state index contributed by atoms with van der Waals surface area (Å²) in [6, 6.07) is 4.39. The van der Waals surface area contributed by atoms with E-state index >= 15 is 0 Å². The first-order valence-electron chi connectivity index (χ1n) is 8.93. The molecule has 0 amide bonds. The molecule has 1 N–H and O–H groups in total. The average Bonchev–Trinajstić information content (AvgIpc) is 2.85. The number of fused-ring (bicyclic) bond motifs is 1. The molecule has 2 aliphatic heterocycles. The van der Waals surface area contributed by atoms with E-state index in [4.69, 9.17) is 0 Å². The summed E-state index contributed by atoms with van der Waals surface area (Å²) in [5.41, 5.74) is 2.61. The number of halogens is 2. The van der Waals surface area contributed by atoms with Crippen LogP contribution in [0.1, 0.15) is 22.6 Å². The van der Waals surface area contributed by atoms with Gasteiger partial charge in [0, 0.05) is 56.1 Å². The van der Waals surface area contributed by atoms with Crippen LogP contribution in [-0.2, 0) is 19.4 Å². The average molecular weight is 416 g/mol. The van der Waals surface area contributed by atoms with Crippen LogP contribution in [0.15, 0.2) is 23.8 Å². The molecule has 2 aliphatic rings. The minimum Gasteiger partial charge on any atom is -0.355 e. The molecule has 1 saturated heterocycles. The topological polar surface area (TPSA) is 44.3 Å². The molecule has 2 aromatic heterocycles. The fourth-order valence-corrected chi connectivity index (χ4v) is 4.44. The Labute approximate surface area is 172 Å². The molecule has 144 valence electrons. The Kier molecular flexibility index (Phi) is 8.57. The minimum absolute atomic E-state index is 0. The van der Waals surface area contributed by atoms with Gasteiger partial charge in [-0.05, 0) is 30.8 Å². The zero-order valence-corrected chi connectivity index (χ0v) is 17.3. The van der Waals surface area contributed by atoms with Gasteiger partial charge in [0.05, 0.1) is 5.69 Å². The molecule has 0 saturated carbocycles. The van der Waals surface area contributed by atoms with Gasteiger partial charge >= 0.3 is 0 Å². The number of aromatic nitrogens is 2. The maximum Gasteiger partial charge on any atom is 0.135 e. The van der Waals surface area contributed by atoms with Gasteiger partial charge in [-0.3, -0.25) is 4.90 Å². The lowest BCUT2D eigenvalue weighted by atomic mass is 10.1. The number of thiophene rings is 1. The van der Waals surface area contributed by atoms with Gasteiger partial charge in [-0.25, -0.2) is 9.97 Å². The van der Waals surface area contributed by atoms with E-state index in [2.05, 4.69) is 42.6 Å². The van der Waals surface area contributed by atoms with Gasteiger partial charge < -0.3 is 10.2 Å². The first kappa shape index (κ1) is 21.4. The molecule has 0 radical (unpaired) electrons. The molecule has 8 heteroatoms. The van der Waals surface area contributed by atoms with Crippen molar-refractivity contribution in [3.05, 3.63) is 40.0 Å². The molecule has 26 heavy (non-hydrogen) atoms. The molecular weight excluding hydrogens is 389 g/mol. The second-order valence-electron chi connectivity index (χ2n) is 6.57. The highest BCUT2D eigenvalue weighted by molar-refractivity contribution is 7.09. The van der Waals surface area contributed by atoms with Gasteiger partial charge in [0.1, 0.15) is 12.1 Å². The van der Waals surface area contributed by atoms with Crippen LogP contribution in [0.25, 0.3) is 0 Å². The van der Waals surface area contributed by atoms with Crippen LogP contribution in [0.3, 0.4) is 0 Å². The smallest absolute Gasteiger partial charge is 0.135 e. The van der Waals surface area contributed by atoms with E-state index in [1.807, 2.05) is 11.3 Å². The second-order valence-corrected chi connectivity index (χ2v) is 7.60. The molecule has 2 aromatic rings. The molecule has 0 aliphatic carbocycles. The van der Waals surface area contributed by atoms with Crippen LogP contribution in [0, 0.1) is 0 Å². The maximum absolute atomic E-state index is 4.67. The van der Waals surface area contributed by atoms with E-state index in [0.29, 0.717) is 0 Å². The molecule has 5 nitrogen and oxygen atoms in total. The number of nitrogens with zero attached hydrogens (tertiary/aromatic N) is 4. The van der Waals surface area contributed by atoms with Gasteiger partial charge in [-0.15, -0.1) is 36.2 Å². The summed E-state index contributed by atoms with van der Waals surface area (Å²) < 4.78 is 0. The highest BCUT2D eigenvalue weighted by atomic mass is 35.5. The van der Waals surface area contributed by atoms with Crippen LogP contribution in [0.4, 0.5) is 5.82 Å². The Hall–Kier alpha value is -0.920. The van der Waals surface area contributed by atoms with Gasteiger partial charge in [0.25, 0.3) is 0 Å². The van der Waals surface area contributed by atoms with Gasteiger partial charge in [0.15, 0.2) is 0 Å². The summed E-state index contributed by atoms with van der Waals surface area (Å²) in [7, 11) is 0. The third-order valence-corrected chi connectivity index (χ3v) is 5.81. The van der Waals surface area contributed by atoms with Crippen LogP contribution < -0.4 is 10.2 Å². The first-order valence-corrected chi connectivity index (χ1v) is 9.81. The normalized spacial score (nSPS) is 18.1. The summed E-state index contributed by atoms with van der Waals surface area (Å²) in [6.45, 7) is 7.57. The molecule has 0 unspecified atom stereocenters. The summed E-state index contributed by atoms with van der Waals surface area (Å²) in [6.07, 6.45) is 5.01. The summed E-state index contributed by atoms with van der Waals surface area (Å²) in [5, 5.41) is 5.65. The van der Waals surface area contributed by atoms with E-state index < -0.39 is 0 Å². The standard InChI is InChI=1S/C18H25N5S.2ClH/c1-3-15(24-12-1)13-22-8-2-9-23(11-10-22)18-16-4-6-19-7-5-17(16)20-14-21-18;;/h1,3,12,14,19H,2,4-11,13H2;2*1H. The molecule has 0 aromatic carbocycles. The van der Waals surface area contributed by atoms with Crippen LogP contribution >= 0.6 is 36.2 Å². The summed E-state index contributed by atoms with van der Waals surface area (Å²) in [4.78, 5) is 15.7. The monoisotopic (exact) mass is 415 g/mol. The van der Waals surface area contributed by atoms with Crippen molar-refractivity contribution in [2.75, 3.05) is 44.2 Å². The Morgan fingerprint density at radius 1 is 1.04 bits per heavy atom. The Balaban J connectivity index is 0.00000121. The molecule has 0 spiro atoms. The van der Waals surface area contributed by atoms with Crippen molar-refractivity contribution < 1.29 is 0 Å². The van der Waals surface area contributed by atoms with E-state index in [1.165, 1.54) is 34.9 Å². The van der Waals surface area contributed by atoms with Gasteiger partial charge in [0.2, 0.25) is 0 Å². The second kappa shape index (κ2) is 10.4. The SMILES string of the molecule is Cl.Cl.c1csc(CN2CCCN(c3ncnc4c3CCNCC4)CC2)c1. The number of nitrogens with one attached hydrogen (secondary N) is 1. The summed E-state index contributed by atoms with van der Waals surface area (Å²) >= 11 is 1.86. The first-order chi connectivity index (χ1) is 11.9. The lowest BCUT2D eigenvalue weighted by Gasteiger charge is -2.25. The third kappa shape index (κ3) is 5.08. The van der Waals surface area contributed by atoms with E-state index in [9.17, 15) is 0 Å². The quantitative estimate of drug-likeness (QED) is 0.834. The number of hydrogen-bond acceptors (Lipinski definition) is 6. The third-order valence-electron chi connectivity index (χ3n) is 4.95. The van der Waals surface area contributed by atoms with Crippen molar-refractivity contribution in [3.63, 3.8) is 0 Å². The van der Waals surface area contributed by atoms with Crippen LogP contribution in [0.2, 0.25) is 0 Å². The molecule has 4 rings (SSSR count). The Morgan fingerprint density at radius 3 is 2.77 bits per heavy atom. The zero-order chi connectivity index (χ0) is 16.2.